The van der Waals surface area contributed by atoms with Crippen molar-refractivity contribution in [3.8, 4) is 28.4 Å². The first-order valence-corrected chi connectivity index (χ1v) is 9.63. The fraction of sp³-hybridized carbons (Fsp3) is 0.160. The minimum absolute atomic E-state index is 0.0229. The summed E-state index contributed by atoms with van der Waals surface area (Å²) >= 11 is 0. The molecule has 0 atom stereocenters. The van der Waals surface area contributed by atoms with Crippen molar-refractivity contribution in [2.45, 2.75) is 13.8 Å². The number of Topliss-reactive ketones (excluding diaryl/α,β-unsaturated/α-hetero) is 1. The number of hydrogen-bond donors (Lipinski definition) is 1. The zero-order valence-corrected chi connectivity index (χ0v) is 17.5. The maximum absolute atomic E-state index is 13.5. The number of methoxy groups -OCH3 is 2. The van der Waals surface area contributed by atoms with Gasteiger partial charge in [-0.25, -0.2) is 0 Å². The minimum atomic E-state index is -0.409. The molecule has 0 aliphatic heterocycles. The third-order valence-electron chi connectivity index (χ3n) is 5.57. The normalized spacial score (nSPS) is 12.3. The average molecular weight is 416 g/mol. The summed E-state index contributed by atoms with van der Waals surface area (Å²) in [5.41, 5.74) is 2.20. The highest BCUT2D eigenvalue weighted by atomic mass is 16.5. The van der Waals surface area contributed by atoms with Gasteiger partial charge in [0.05, 0.1) is 19.8 Å². The van der Waals surface area contributed by atoms with Crippen LogP contribution < -0.4 is 9.47 Å². The number of carbonyl (C=O) groups is 3. The van der Waals surface area contributed by atoms with Gasteiger partial charge in [0.15, 0.2) is 17.3 Å². The Kier molecular flexibility index (Phi) is 4.85. The smallest absolute Gasteiger partial charge is 0.195 e. The van der Waals surface area contributed by atoms with Crippen molar-refractivity contribution < 1.29 is 29.0 Å². The van der Waals surface area contributed by atoms with E-state index in [1.807, 2.05) is 0 Å². The summed E-state index contributed by atoms with van der Waals surface area (Å²) in [5, 5.41) is 11.1. The van der Waals surface area contributed by atoms with Crippen LogP contribution in [0, 0.1) is 6.92 Å². The maximum Gasteiger partial charge on any atom is 0.195 e. The fourth-order valence-corrected chi connectivity index (χ4v) is 4.14. The molecule has 0 unspecified atom stereocenters. The number of phenolic OH excluding ortho intramolecular Hbond substituents is 1. The third-order valence-corrected chi connectivity index (χ3v) is 5.57. The van der Waals surface area contributed by atoms with Crippen LogP contribution in [-0.2, 0) is 0 Å². The van der Waals surface area contributed by atoms with Gasteiger partial charge in [-0.15, -0.1) is 0 Å². The van der Waals surface area contributed by atoms with E-state index in [0.29, 0.717) is 22.3 Å². The molecule has 3 aromatic rings. The average Bonchev–Trinajstić information content (AvgIpc) is 2.76. The molecule has 0 aromatic heterocycles. The Balaban J connectivity index is 2.13. The Morgan fingerprint density at radius 2 is 1.42 bits per heavy atom. The minimum Gasteiger partial charge on any atom is -0.506 e. The molecule has 0 bridgehead atoms. The van der Waals surface area contributed by atoms with Gasteiger partial charge in [0, 0.05) is 33.9 Å². The molecule has 0 fully saturated rings. The SMILES string of the molecule is COc1cc(OC)c(-c2c(C)ccc3c2C(=O)c2ccccc2C3=O)c(O)c1C(C)=O. The van der Waals surface area contributed by atoms with E-state index < -0.39 is 5.78 Å². The lowest BCUT2D eigenvalue weighted by Crippen LogP contribution is -2.22. The molecule has 4 rings (SSSR count). The quantitative estimate of drug-likeness (QED) is 0.497. The summed E-state index contributed by atoms with van der Waals surface area (Å²) in [6, 6.07) is 11.5. The summed E-state index contributed by atoms with van der Waals surface area (Å²) in [6.45, 7) is 3.08. The van der Waals surface area contributed by atoms with Crippen LogP contribution in [-0.4, -0.2) is 36.7 Å². The molecule has 0 amide bonds. The summed E-state index contributed by atoms with van der Waals surface area (Å²) in [6.07, 6.45) is 0. The van der Waals surface area contributed by atoms with Crippen LogP contribution in [0.5, 0.6) is 17.2 Å². The van der Waals surface area contributed by atoms with Gasteiger partial charge in [0.1, 0.15) is 22.8 Å². The maximum atomic E-state index is 13.5. The standard InChI is InChI=1S/C25H20O6/c1-12-9-10-16-21(24(28)15-8-6-5-7-14(15)23(16)27)19(12)22-18(31-4)11-17(30-3)20(13(2)26)25(22)29/h5-11,29H,1-4H3. The van der Waals surface area contributed by atoms with Gasteiger partial charge < -0.3 is 14.6 Å². The van der Waals surface area contributed by atoms with Gasteiger partial charge in [0.2, 0.25) is 0 Å². The summed E-state index contributed by atoms with van der Waals surface area (Å²) < 4.78 is 10.8. The topological polar surface area (TPSA) is 89.9 Å². The van der Waals surface area contributed by atoms with Crippen molar-refractivity contribution in [3.05, 3.63) is 75.8 Å². The van der Waals surface area contributed by atoms with Gasteiger partial charge in [-0.2, -0.15) is 0 Å². The van der Waals surface area contributed by atoms with E-state index in [4.69, 9.17) is 9.47 Å². The highest BCUT2D eigenvalue weighted by Gasteiger charge is 2.35. The van der Waals surface area contributed by atoms with E-state index in [9.17, 15) is 19.5 Å². The Bertz CT molecular complexity index is 1290. The second-order valence-electron chi connectivity index (χ2n) is 7.32. The third kappa shape index (κ3) is 2.91. The Labute approximate surface area is 179 Å². The van der Waals surface area contributed by atoms with E-state index in [2.05, 4.69) is 0 Å². The van der Waals surface area contributed by atoms with Crippen LogP contribution in [0.2, 0.25) is 0 Å². The largest absolute Gasteiger partial charge is 0.506 e. The number of fused-ring (bicyclic) bond motifs is 2. The molecule has 0 saturated heterocycles. The molecule has 6 heteroatoms. The lowest BCUT2D eigenvalue weighted by molar-refractivity contribution is 0.0979. The highest BCUT2D eigenvalue weighted by Crippen LogP contribution is 2.48. The summed E-state index contributed by atoms with van der Waals surface area (Å²) in [4.78, 5) is 38.9. The van der Waals surface area contributed by atoms with Crippen LogP contribution in [0.4, 0.5) is 0 Å². The van der Waals surface area contributed by atoms with Crippen LogP contribution in [0.15, 0.2) is 42.5 Å². The fourth-order valence-electron chi connectivity index (χ4n) is 4.14. The van der Waals surface area contributed by atoms with E-state index in [1.54, 1.807) is 43.3 Å². The number of rotatable bonds is 4. The molecule has 0 saturated carbocycles. The molecule has 156 valence electrons. The monoisotopic (exact) mass is 416 g/mol. The van der Waals surface area contributed by atoms with Crippen molar-refractivity contribution in [3.63, 3.8) is 0 Å². The molecular weight excluding hydrogens is 396 g/mol. The molecule has 3 aromatic carbocycles. The van der Waals surface area contributed by atoms with Crippen molar-refractivity contribution in [1.82, 2.24) is 0 Å². The van der Waals surface area contributed by atoms with Crippen molar-refractivity contribution >= 4 is 17.3 Å². The van der Waals surface area contributed by atoms with E-state index >= 15 is 0 Å². The first-order chi connectivity index (χ1) is 14.8. The predicted octanol–water partition coefficient (Wildman–Crippen LogP) is 4.36. The lowest BCUT2D eigenvalue weighted by atomic mass is 9.78. The summed E-state index contributed by atoms with van der Waals surface area (Å²) in [7, 11) is 2.80. The van der Waals surface area contributed by atoms with Gasteiger partial charge in [0.25, 0.3) is 0 Å². The molecule has 6 nitrogen and oxygen atoms in total. The lowest BCUT2D eigenvalue weighted by Gasteiger charge is -2.24. The van der Waals surface area contributed by atoms with Gasteiger partial charge in [-0.1, -0.05) is 30.3 Å². The first-order valence-electron chi connectivity index (χ1n) is 9.63. The molecular formula is C25H20O6. The van der Waals surface area contributed by atoms with Crippen LogP contribution in [0.1, 0.15) is 54.7 Å². The summed E-state index contributed by atoms with van der Waals surface area (Å²) in [5.74, 6) is -1.00. The van der Waals surface area contributed by atoms with Gasteiger partial charge >= 0.3 is 0 Å². The number of aryl methyl sites for hydroxylation is 1. The number of hydrogen-bond acceptors (Lipinski definition) is 6. The van der Waals surface area contributed by atoms with Crippen LogP contribution in [0.25, 0.3) is 11.1 Å². The zero-order valence-electron chi connectivity index (χ0n) is 17.5. The molecule has 0 spiro atoms. The molecule has 0 radical (unpaired) electrons. The first kappa shape index (κ1) is 20.3. The number of carbonyl (C=O) groups excluding carboxylic acids is 3. The Hall–Kier alpha value is -3.93. The van der Waals surface area contributed by atoms with Crippen LogP contribution >= 0.6 is 0 Å². The van der Waals surface area contributed by atoms with Gasteiger partial charge in [-0.3, -0.25) is 14.4 Å². The van der Waals surface area contributed by atoms with Crippen LogP contribution in [0.3, 0.4) is 0 Å². The number of phenols is 1. The number of ketones is 3. The molecule has 31 heavy (non-hydrogen) atoms. The zero-order chi connectivity index (χ0) is 22.4. The number of ether oxygens (including phenoxy) is 2. The van der Waals surface area contributed by atoms with Crippen molar-refractivity contribution in [2.24, 2.45) is 0 Å². The second-order valence-corrected chi connectivity index (χ2v) is 7.32. The van der Waals surface area contributed by atoms with Crippen molar-refractivity contribution in [1.29, 1.82) is 0 Å². The van der Waals surface area contributed by atoms with Gasteiger partial charge in [-0.05, 0) is 25.5 Å². The Morgan fingerprint density at radius 3 is 2.00 bits per heavy atom. The van der Waals surface area contributed by atoms with E-state index in [0.717, 1.165) is 0 Å². The number of benzene rings is 3. The van der Waals surface area contributed by atoms with E-state index in [-0.39, 0.29) is 51.1 Å². The van der Waals surface area contributed by atoms with E-state index in [1.165, 1.54) is 27.2 Å². The Morgan fingerprint density at radius 1 is 0.806 bits per heavy atom. The molecule has 0 heterocycles. The van der Waals surface area contributed by atoms with Crippen molar-refractivity contribution in [2.75, 3.05) is 14.2 Å². The second kappa shape index (κ2) is 7.40. The highest BCUT2D eigenvalue weighted by molar-refractivity contribution is 6.30. The molecule has 1 aliphatic carbocycles. The number of aromatic hydroxyl groups is 1. The molecule has 1 N–H and O–H groups in total. The predicted molar refractivity (Wildman–Crippen MR) is 115 cm³/mol. The molecule has 1 aliphatic rings.